The third-order valence-electron chi connectivity index (χ3n) is 3.38. The van der Waals surface area contributed by atoms with Crippen molar-refractivity contribution in [2.75, 3.05) is 33.9 Å². The molecule has 2 N–H and O–H groups in total. The first-order valence-corrected chi connectivity index (χ1v) is 7.97. The quantitative estimate of drug-likeness (QED) is 0.804. The second kappa shape index (κ2) is 6.43. The van der Waals surface area contributed by atoms with Gasteiger partial charge in [-0.3, -0.25) is 0 Å². The van der Waals surface area contributed by atoms with Crippen molar-refractivity contribution in [2.24, 2.45) is 5.92 Å². The van der Waals surface area contributed by atoms with Crippen molar-refractivity contribution >= 4 is 10.0 Å². The molecule has 0 spiro atoms. The Morgan fingerprint density at radius 2 is 2.15 bits per heavy atom. The molecule has 0 amide bonds. The van der Waals surface area contributed by atoms with Crippen molar-refractivity contribution < 1.29 is 17.9 Å². The normalized spacial score (nSPS) is 19.0. The van der Waals surface area contributed by atoms with Crippen molar-refractivity contribution in [3.63, 3.8) is 0 Å². The summed E-state index contributed by atoms with van der Waals surface area (Å²) in [5, 5.41) is 3.21. The van der Waals surface area contributed by atoms with Gasteiger partial charge in [-0.25, -0.2) is 13.1 Å². The number of sulfonamides is 1. The van der Waals surface area contributed by atoms with Crippen molar-refractivity contribution in [3.8, 4) is 11.5 Å². The minimum absolute atomic E-state index is 0.131. The molecular weight excluding hydrogens is 280 g/mol. The van der Waals surface area contributed by atoms with E-state index in [1.807, 2.05) is 0 Å². The Morgan fingerprint density at radius 1 is 1.35 bits per heavy atom. The average Bonchev–Trinajstić information content (AvgIpc) is 2.97. The predicted octanol–water partition coefficient (Wildman–Crippen LogP) is 0.592. The molecule has 1 aliphatic heterocycles. The van der Waals surface area contributed by atoms with Gasteiger partial charge in [-0.15, -0.1) is 0 Å². The zero-order valence-corrected chi connectivity index (χ0v) is 12.5. The highest BCUT2D eigenvalue weighted by Gasteiger charge is 2.22. The standard InChI is InChI=1S/C13H20N2O4S/c1-18-11-3-4-13(12(7-11)19-2)20(16,17)15-9-10-5-6-14-8-10/h3-4,7,10,14-15H,5-6,8-9H2,1-2H3. The maximum absolute atomic E-state index is 12.3. The van der Waals surface area contributed by atoms with Gasteiger partial charge in [-0.2, -0.15) is 0 Å². The Kier molecular flexibility index (Phi) is 4.85. The van der Waals surface area contributed by atoms with Crippen LogP contribution in [0.25, 0.3) is 0 Å². The van der Waals surface area contributed by atoms with Gasteiger partial charge in [-0.05, 0) is 37.6 Å². The average molecular weight is 300 g/mol. The molecule has 1 unspecified atom stereocenters. The van der Waals surface area contributed by atoms with Crippen molar-refractivity contribution in [3.05, 3.63) is 18.2 Å². The van der Waals surface area contributed by atoms with Crippen molar-refractivity contribution in [1.82, 2.24) is 10.0 Å². The molecule has 1 saturated heterocycles. The van der Waals surface area contributed by atoms with E-state index in [4.69, 9.17) is 9.47 Å². The van der Waals surface area contributed by atoms with Crippen LogP contribution >= 0.6 is 0 Å². The summed E-state index contributed by atoms with van der Waals surface area (Å²) >= 11 is 0. The smallest absolute Gasteiger partial charge is 0.244 e. The van der Waals surface area contributed by atoms with Gasteiger partial charge in [0.25, 0.3) is 0 Å². The molecule has 0 bridgehead atoms. The van der Waals surface area contributed by atoms with Gasteiger partial charge < -0.3 is 14.8 Å². The number of benzene rings is 1. The van der Waals surface area contributed by atoms with E-state index in [1.54, 1.807) is 12.1 Å². The fraction of sp³-hybridized carbons (Fsp3) is 0.538. The highest BCUT2D eigenvalue weighted by atomic mass is 32.2. The van der Waals surface area contributed by atoms with Gasteiger partial charge in [-0.1, -0.05) is 0 Å². The predicted molar refractivity (Wildman–Crippen MR) is 75.7 cm³/mol. The maximum atomic E-state index is 12.3. The number of ether oxygens (including phenoxy) is 2. The van der Waals surface area contributed by atoms with Crippen LogP contribution in [-0.4, -0.2) is 42.3 Å². The van der Waals surface area contributed by atoms with Crippen molar-refractivity contribution in [1.29, 1.82) is 0 Å². The lowest BCUT2D eigenvalue weighted by molar-refractivity contribution is 0.385. The van der Waals surface area contributed by atoms with Crippen LogP contribution in [0, 0.1) is 5.92 Å². The number of hydrogen-bond donors (Lipinski definition) is 2. The first-order valence-electron chi connectivity index (χ1n) is 6.49. The fourth-order valence-electron chi connectivity index (χ4n) is 2.19. The molecule has 6 nitrogen and oxygen atoms in total. The summed E-state index contributed by atoms with van der Waals surface area (Å²) in [7, 11) is -0.613. The van der Waals surface area contributed by atoms with Gasteiger partial charge in [0.1, 0.15) is 16.4 Å². The topological polar surface area (TPSA) is 76.7 Å². The van der Waals surface area contributed by atoms with Gasteiger partial charge in [0, 0.05) is 12.6 Å². The van der Waals surface area contributed by atoms with Crippen LogP contribution in [0.5, 0.6) is 11.5 Å². The molecule has 1 atom stereocenters. The summed E-state index contributed by atoms with van der Waals surface area (Å²) in [5.74, 6) is 1.18. The molecular formula is C13H20N2O4S. The number of methoxy groups -OCH3 is 2. The number of hydrogen-bond acceptors (Lipinski definition) is 5. The van der Waals surface area contributed by atoms with E-state index in [0.717, 1.165) is 19.5 Å². The molecule has 1 fully saturated rings. The summed E-state index contributed by atoms with van der Waals surface area (Å²) in [6.07, 6.45) is 0.988. The minimum Gasteiger partial charge on any atom is -0.497 e. The highest BCUT2D eigenvalue weighted by Crippen LogP contribution is 2.28. The molecule has 0 radical (unpaired) electrons. The zero-order valence-electron chi connectivity index (χ0n) is 11.7. The molecule has 7 heteroatoms. The summed E-state index contributed by atoms with van der Waals surface area (Å²) < 4.78 is 37.5. The number of nitrogens with one attached hydrogen (secondary N) is 2. The summed E-state index contributed by atoms with van der Waals surface area (Å²) in [5.41, 5.74) is 0. The van der Waals surface area contributed by atoms with E-state index in [-0.39, 0.29) is 10.6 Å². The Morgan fingerprint density at radius 3 is 2.75 bits per heavy atom. The fourth-order valence-corrected chi connectivity index (χ4v) is 3.46. The summed E-state index contributed by atoms with van der Waals surface area (Å²) in [6, 6.07) is 4.66. The molecule has 1 aromatic carbocycles. The zero-order chi connectivity index (χ0) is 14.6. The van der Waals surface area contributed by atoms with Crippen LogP contribution in [0.4, 0.5) is 0 Å². The van der Waals surface area contributed by atoms with Gasteiger partial charge >= 0.3 is 0 Å². The van der Waals surface area contributed by atoms with Crippen LogP contribution in [0.2, 0.25) is 0 Å². The summed E-state index contributed by atoms with van der Waals surface area (Å²) in [4.78, 5) is 0.131. The third-order valence-corrected chi connectivity index (χ3v) is 4.85. The van der Waals surface area contributed by atoms with Gasteiger partial charge in [0.15, 0.2) is 0 Å². The van der Waals surface area contributed by atoms with E-state index in [2.05, 4.69) is 10.0 Å². The third kappa shape index (κ3) is 3.41. The molecule has 1 aromatic rings. The second-order valence-corrected chi connectivity index (χ2v) is 6.46. The van der Waals surface area contributed by atoms with Crippen LogP contribution in [-0.2, 0) is 10.0 Å². The van der Waals surface area contributed by atoms with E-state index in [9.17, 15) is 8.42 Å². The Hall–Kier alpha value is -1.31. The van der Waals surface area contributed by atoms with E-state index in [0.29, 0.717) is 18.2 Å². The molecule has 112 valence electrons. The molecule has 0 saturated carbocycles. The van der Waals surface area contributed by atoms with Crippen LogP contribution in [0.15, 0.2) is 23.1 Å². The van der Waals surface area contributed by atoms with E-state index < -0.39 is 10.0 Å². The lowest BCUT2D eigenvalue weighted by Gasteiger charge is -2.14. The van der Waals surface area contributed by atoms with Crippen LogP contribution in [0.1, 0.15) is 6.42 Å². The van der Waals surface area contributed by atoms with Crippen LogP contribution < -0.4 is 19.5 Å². The second-order valence-electron chi connectivity index (χ2n) is 4.73. The van der Waals surface area contributed by atoms with Crippen molar-refractivity contribution in [2.45, 2.75) is 11.3 Å². The molecule has 1 heterocycles. The largest absolute Gasteiger partial charge is 0.497 e. The van der Waals surface area contributed by atoms with Gasteiger partial charge in [0.2, 0.25) is 10.0 Å². The summed E-state index contributed by atoms with van der Waals surface area (Å²) in [6.45, 7) is 2.23. The molecule has 1 aliphatic rings. The monoisotopic (exact) mass is 300 g/mol. The first-order chi connectivity index (χ1) is 9.56. The Labute approximate surface area is 119 Å². The Balaban J connectivity index is 2.15. The SMILES string of the molecule is COc1ccc(S(=O)(=O)NCC2CCNC2)c(OC)c1. The van der Waals surface area contributed by atoms with E-state index in [1.165, 1.54) is 20.3 Å². The lowest BCUT2D eigenvalue weighted by Crippen LogP contribution is -2.30. The lowest BCUT2D eigenvalue weighted by atomic mass is 10.1. The van der Waals surface area contributed by atoms with Gasteiger partial charge in [0.05, 0.1) is 14.2 Å². The molecule has 0 aromatic heterocycles. The minimum atomic E-state index is -3.57. The first kappa shape index (κ1) is 15.1. The highest BCUT2D eigenvalue weighted by molar-refractivity contribution is 7.89. The Bertz CT molecular complexity index is 553. The number of rotatable bonds is 6. The van der Waals surface area contributed by atoms with E-state index >= 15 is 0 Å². The maximum Gasteiger partial charge on any atom is 0.244 e. The molecule has 0 aliphatic carbocycles. The molecule has 2 rings (SSSR count). The van der Waals surface area contributed by atoms with Crippen LogP contribution in [0.3, 0.4) is 0 Å². The molecule has 20 heavy (non-hydrogen) atoms.